The summed E-state index contributed by atoms with van der Waals surface area (Å²) < 4.78 is 1.68. The van der Waals surface area contributed by atoms with Crippen molar-refractivity contribution in [3.05, 3.63) is 48.3 Å². The van der Waals surface area contributed by atoms with Crippen LogP contribution in [0.4, 0.5) is 4.79 Å². The minimum absolute atomic E-state index is 0.0114. The van der Waals surface area contributed by atoms with Gasteiger partial charge in [0, 0.05) is 25.0 Å². The van der Waals surface area contributed by atoms with Crippen molar-refractivity contribution in [2.75, 3.05) is 19.6 Å². The maximum atomic E-state index is 12.5. The van der Waals surface area contributed by atoms with E-state index in [0.717, 1.165) is 17.7 Å². The summed E-state index contributed by atoms with van der Waals surface area (Å²) in [6.45, 7) is 5.47. The van der Waals surface area contributed by atoms with E-state index in [1.54, 1.807) is 4.57 Å². The second-order valence-corrected chi connectivity index (χ2v) is 6.87. The molecule has 2 bridgehead atoms. The fraction of sp³-hybridized carbons (Fsp3) is 0.421. The number of carbonyl (C=O) groups excluding carboxylic acids is 1. The van der Waals surface area contributed by atoms with Gasteiger partial charge in [-0.25, -0.2) is 4.79 Å². The van der Waals surface area contributed by atoms with E-state index in [9.17, 15) is 4.79 Å². The van der Waals surface area contributed by atoms with Crippen LogP contribution in [-0.2, 0) is 0 Å². The van der Waals surface area contributed by atoms with Crippen LogP contribution in [0.25, 0.3) is 11.1 Å². The first-order valence-corrected chi connectivity index (χ1v) is 8.47. The van der Waals surface area contributed by atoms with Gasteiger partial charge < -0.3 is 10.2 Å². The highest BCUT2D eigenvalue weighted by atomic mass is 16.2. The first kappa shape index (κ1) is 14.5. The number of fused-ring (bicyclic) bond motifs is 3. The monoisotopic (exact) mass is 309 g/mol. The predicted octanol–water partition coefficient (Wildman–Crippen LogP) is 3.12. The van der Waals surface area contributed by atoms with Crippen molar-refractivity contribution in [2.24, 2.45) is 5.92 Å². The number of hydrogen-bond donors (Lipinski definition) is 1. The Kier molecular flexibility index (Phi) is 3.69. The van der Waals surface area contributed by atoms with Gasteiger partial charge in [-0.3, -0.25) is 4.57 Å². The third-order valence-corrected chi connectivity index (χ3v) is 5.24. The zero-order chi connectivity index (χ0) is 15.8. The number of carbonyl (C=O) groups is 1. The van der Waals surface area contributed by atoms with E-state index in [1.807, 2.05) is 18.5 Å². The molecule has 4 heterocycles. The van der Waals surface area contributed by atoms with E-state index in [4.69, 9.17) is 0 Å². The molecule has 2 aromatic rings. The first-order valence-electron chi connectivity index (χ1n) is 8.47. The predicted molar refractivity (Wildman–Crippen MR) is 91.5 cm³/mol. The van der Waals surface area contributed by atoms with Crippen molar-refractivity contribution in [3.63, 3.8) is 0 Å². The number of rotatable bonds is 2. The molecular weight excluding hydrogens is 286 g/mol. The maximum absolute atomic E-state index is 12.5. The summed E-state index contributed by atoms with van der Waals surface area (Å²) in [7, 11) is 0. The fourth-order valence-electron chi connectivity index (χ4n) is 3.88. The summed E-state index contributed by atoms with van der Waals surface area (Å²) in [5.41, 5.74) is 3.46. The van der Waals surface area contributed by atoms with Gasteiger partial charge in [0.25, 0.3) is 0 Å². The van der Waals surface area contributed by atoms with Gasteiger partial charge in [0.1, 0.15) is 0 Å². The van der Waals surface area contributed by atoms with Crippen LogP contribution in [-0.4, -0.2) is 41.2 Å². The molecule has 3 saturated heterocycles. The molecule has 0 saturated carbocycles. The fourth-order valence-corrected chi connectivity index (χ4v) is 3.88. The molecule has 23 heavy (non-hydrogen) atoms. The molecule has 5 rings (SSSR count). The largest absolute Gasteiger partial charge is 0.333 e. The lowest BCUT2D eigenvalue weighted by molar-refractivity contribution is 0.0767. The lowest BCUT2D eigenvalue weighted by Gasteiger charge is -2.44. The van der Waals surface area contributed by atoms with Crippen LogP contribution >= 0.6 is 0 Å². The van der Waals surface area contributed by atoms with E-state index >= 15 is 0 Å². The van der Waals surface area contributed by atoms with Crippen molar-refractivity contribution < 1.29 is 4.79 Å². The summed E-state index contributed by atoms with van der Waals surface area (Å²) in [4.78, 5) is 15.0. The number of nitrogens with zero attached hydrogens (tertiary/aromatic N) is 2. The number of piperidine rings is 3. The standard InChI is InChI=1S/C19H23N3O/c1-14-3-2-4-16(11-14)17-7-10-22(12-17)19(23)20-18-13-21-8-5-15(18)6-9-21/h2-4,7,10-12,15,18H,5-6,8-9,13H2,1H3,(H,20,23)/t18-/m0/s1. The summed E-state index contributed by atoms with van der Waals surface area (Å²) in [5, 5.41) is 3.23. The average Bonchev–Trinajstić information content (AvgIpc) is 3.06. The molecule has 4 nitrogen and oxygen atoms in total. The minimum atomic E-state index is -0.0114. The Balaban J connectivity index is 1.47. The van der Waals surface area contributed by atoms with E-state index in [2.05, 4.69) is 41.4 Å². The number of aromatic nitrogens is 1. The van der Waals surface area contributed by atoms with Gasteiger partial charge in [-0.2, -0.15) is 0 Å². The molecule has 3 aliphatic heterocycles. The highest BCUT2D eigenvalue weighted by molar-refractivity contribution is 5.79. The van der Waals surface area contributed by atoms with Crippen molar-refractivity contribution in [1.29, 1.82) is 0 Å². The van der Waals surface area contributed by atoms with Crippen LogP contribution < -0.4 is 5.32 Å². The van der Waals surface area contributed by atoms with Crippen LogP contribution in [0, 0.1) is 12.8 Å². The Labute approximate surface area is 137 Å². The Hall–Kier alpha value is -2.07. The van der Waals surface area contributed by atoms with Crippen LogP contribution in [0.2, 0.25) is 0 Å². The number of aryl methyl sites for hydroxylation is 1. The highest BCUT2D eigenvalue weighted by Crippen LogP contribution is 2.27. The summed E-state index contributed by atoms with van der Waals surface area (Å²) in [5.74, 6) is 0.649. The highest BCUT2D eigenvalue weighted by Gasteiger charge is 2.34. The zero-order valence-electron chi connectivity index (χ0n) is 13.5. The lowest BCUT2D eigenvalue weighted by Crippen LogP contribution is -2.57. The molecule has 4 heteroatoms. The molecule has 1 amide bonds. The topological polar surface area (TPSA) is 37.3 Å². The van der Waals surface area contributed by atoms with Gasteiger partial charge in [0.05, 0.1) is 0 Å². The maximum Gasteiger partial charge on any atom is 0.325 e. The average molecular weight is 309 g/mol. The van der Waals surface area contributed by atoms with Crippen molar-refractivity contribution in [2.45, 2.75) is 25.8 Å². The number of amides is 1. The van der Waals surface area contributed by atoms with Crippen molar-refractivity contribution in [3.8, 4) is 11.1 Å². The van der Waals surface area contributed by atoms with E-state index in [0.29, 0.717) is 12.0 Å². The van der Waals surface area contributed by atoms with Gasteiger partial charge >= 0.3 is 6.03 Å². The second kappa shape index (κ2) is 5.85. The van der Waals surface area contributed by atoms with Gasteiger partial charge in [-0.05, 0) is 56.0 Å². The molecule has 0 unspecified atom stereocenters. The Bertz CT molecular complexity index is 713. The molecule has 1 aromatic carbocycles. The minimum Gasteiger partial charge on any atom is -0.333 e. The second-order valence-electron chi connectivity index (χ2n) is 6.87. The van der Waals surface area contributed by atoms with Crippen LogP contribution in [0.5, 0.6) is 0 Å². The Morgan fingerprint density at radius 3 is 2.70 bits per heavy atom. The SMILES string of the molecule is Cc1cccc(-c2ccn(C(=O)N[C@H]3CN4CCC3CC4)c2)c1. The van der Waals surface area contributed by atoms with Crippen LogP contribution in [0.1, 0.15) is 18.4 Å². The van der Waals surface area contributed by atoms with Gasteiger partial charge in [-0.1, -0.05) is 29.8 Å². The van der Waals surface area contributed by atoms with E-state index < -0.39 is 0 Å². The summed E-state index contributed by atoms with van der Waals surface area (Å²) in [6, 6.07) is 10.7. The molecular formula is C19H23N3O. The van der Waals surface area contributed by atoms with Crippen LogP contribution in [0.15, 0.2) is 42.7 Å². The molecule has 0 aliphatic carbocycles. The Morgan fingerprint density at radius 2 is 2.00 bits per heavy atom. The van der Waals surface area contributed by atoms with Crippen LogP contribution in [0.3, 0.4) is 0 Å². The van der Waals surface area contributed by atoms with Crippen molar-refractivity contribution >= 4 is 6.03 Å². The summed E-state index contributed by atoms with van der Waals surface area (Å²) in [6.07, 6.45) is 6.20. The molecule has 3 fully saturated rings. The third kappa shape index (κ3) is 2.91. The quantitative estimate of drug-likeness (QED) is 0.925. The zero-order valence-corrected chi connectivity index (χ0v) is 13.5. The van der Waals surface area contributed by atoms with Gasteiger partial charge in [0.15, 0.2) is 0 Å². The van der Waals surface area contributed by atoms with E-state index in [1.165, 1.54) is 31.5 Å². The molecule has 3 aliphatic rings. The van der Waals surface area contributed by atoms with Crippen molar-refractivity contribution in [1.82, 2.24) is 14.8 Å². The number of hydrogen-bond acceptors (Lipinski definition) is 2. The molecule has 0 spiro atoms. The number of benzene rings is 1. The molecule has 0 radical (unpaired) electrons. The van der Waals surface area contributed by atoms with E-state index in [-0.39, 0.29) is 6.03 Å². The normalized spacial score (nSPS) is 26.2. The molecule has 120 valence electrons. The molecule has 1 aromatic heterocycles. The molecule has 1 atom stereocenters. The Morgan fingerprint density at radius 1 is 1.17 bits per heavy atom. The first-order chi connectivity index (χ1) is 11.2. The lowest BCUT2D eigenvalue weighted by atomic mass is 9.84. The molecule has 1 N–H and O–H groups in total. The summed E-state index contributed by atoms with van der Waals surface area (Å²) >= 11 is 0. The van der Waals surface area contributed by atoms with Gasteiger partial charge in [-0.15, -0.1) is 0 Å². The van der Waals surface area contributed by atoms with Gasteiger partial charge in [0.2, 0.25) is 0 Å². The number of nitrogens with one attached hydrogen (secondary N) is 1. The third-order valence-electron chi connectivity index (χ3n) is 5.24. The smallest absolute Gasteiger partial charge is 0.325 e.